The molecule has 3 aromatic rings. The fourth-order valence-electron chi connectivity index (χ4n) is 3.61. The van der Waals surface area contributed by atoms with Gasteiger partial charge in [-0.1, -0.05) is 11.8 Å². The van der Waals surface area contributed by atoms with E-state index in [1.165, 1.54) is 11.8 Å². The summed E-state index contributed by atoms with van der Waals surface area (Å²) < 4.78 is 18.1. The van der Waals surface area contributed by atoms with Gasteiger partial charge in [-0.25, -0.2) is 0 Å². The van der Waals surface area contributed by atoms with Crippen LogP contribution in [0.25, 0.3) is 11.4 Å². The summed E-state index contributed by atoms with van der Waals surface area (Å²) in [5.41, 5.74) is 1.26. The van der Waals surface area contributed by atoms with Crippen LogP contribution in [0, 0.1) is 0 Å². The van der Waals surface area contributed by atoms with Crippen molar-refractivity contribution in [3.63, 3.8) is 0 Å². The molecule has 0 saturated carbocycles. The van der Waals surface area contributed by atoms with E-state index in [4.69, 9.17) is 14.2 Å². The smallest absolute Gasteiger partial charge is 0.257 e. The average molecular weight is 483 g/mol. The molecule has 1 aliphatic heterocycles. The Morgan fingerprint density at radius 2 is 1.74 bits per heavy atom. The lowest BCUT2D eigenvalue weighted by Gasteiger charge is -2.15. The van der Waals surface area contributed by atoms with Gasteiger partial charge < -0.3 is 14.2 Å². The van der Waals surface area contributed by atoms with Crippen LogP contribution in [-0.4, -0.2) is 59.3 Å². The van der Waals surface area contributed by atoms with Crippen LogP contribution >= 0.6 is 11.8 Å². The molecule has 0 spiro atoms. The highest BCUT2D eigenvalue weighted by atomic mass is 32.2. The van der Waals surface area contributed by atoms with Gasteiger partial charge in [-0.15, -0.1) is 10.2 Å². The summed E-state index contributed by atoms with van der Waals surface area (Å²) in [5, 5.41) is 11.7. The maximum Gasteiger partial charge on any atom is 0.257 e. The first-order chi connectivity index (χ1) is 16.6. The minimum absolute atomic E-state index is 0.0220. The van der Waals surface area contributed by atoms with Crippen molar-refractivity contribution in [3.05, 3.63) is 54.1 Å². The molecule has 2 aromatic carbocycles. The van der Waals surface area contributed by atoms with Crippen molar-refractivity contribution >= 4 is 23.6 Å². The predicted molar refractivity (Wildman–Crippen MR) is 127 cm³/mol. The van der Waals surface area contributed by atoms with Crippen molar-refractivity contribution in [2.45, 2.75) is 30.6 Å². The molecule has 0 bridgehead atoms. The fourth-order valence-corrected chi connectivity index (χ4v) is 4.36. The van der Waals surface area contributed by atoms with Gasteiger partial charge in [0.25, 0.3) is 5.91 Å². The number of imide groups is 1. The van der Waals surface area contributed by atoms with E-state index in [-0.39, 0.29) is 11.9 Å². The van der Waals surface area contributed by atoms with E-state index in [0.29, 0.717) is 28.8 Å². The zero-order valence-electron chi connectivity index (χ0n) is 19.0. The molecule has 10 heteroatoms. The molecule has 9 nitrogen and oxygen atoms in total. The summed E-state index contributed by atoms with van der Waals surface area (Å²) >= 11 is 1.23. The van der Waals surface area contributed by atoms with Crippen molar-refractivity contribution in [3.8, 4) is 22.9 Å². The first kappa shape index (κ1) is 23.8. The van der Waals surface area contributed by atoms with Gasteiger partial charge in [0.2, 0.25) is 5.91 Å². The number of aromatic nitrogens is 3. The van der Waals surface area contributed by atoms with Gasteiger partial charge in [0.1, 0.15) is 11.5 Å². The van der Waals surface area contributed by atoms with Crippen molar-refractivity contribution in [1.82, 2.24) is 20.1 Å². The fraction of sp³-hybridized carbons (Fsp3) is 0.333. The van der Waals surface area contributed by atoms with Crippen LogP contribution < -0.4 is 14.8 Å². The van der Waals surface area contributed by atoms with Crippen LogP contribution in [0.3, 0.4) is 0 Å². The second-order valence-corrected chi connectivity index (χ2v) is 8.62. The summed E-state index contributed by atoms with van der Waals surface area (Å²) in [7, 11) is 3.17. The first-order valence-electron chi connectivity index (χ1n) is 10.9. The highest BCUT2D eigenvalue weighted by molar-refractivity contribution is 7.99. The van der Waals surface area contributed by atoms with Crippen molar-refractivity contribution < 1.29 is 23.8 Å². The number of methoxy groups -OCH3 is 2. The Morgan fingerprint density at radius 3 is 2.35 bits per heavy atom. The number of benzene rings is 2. The second kappa shape index (κ2) is 11.2. The van der Waals surface area contributed by atoms with E-state index in [9.17, 15) is 9.59 Å². The minimum atomic E-state index is -0.465. The topological polar surface area (TPSA) is 105 Å². The van der Waals surface area contributed by atoms with E-state index >= 15 is 0 Å². The number of carbonyl (C=O) groups excluding carboxylic acids is 2. The molecule has 1 saturated heterocycles. The number of carbonyl (C=O) groups is 2. The Hall–Kier alpha value is -3.37. The van der Waals surface area contributed by atoms with Crippen LogP contribution in [0.15, 0.2) is 53.7 Å². The molecule has 0 radical (unpaired) electrons. The predicted octanol–water partition coefficient (Wildman–Crippen LogP) is 3.19. The van der Waals surface area contributed by atoms with Gasteiger partial charge in [-0.05, 0) is 61.4 Å². The monoisotopic (exact) mass is 482 g/mol. The number of nitrogens with one attached hydrogen (secondary N) is 1. The zero-order chi connectivity index (χ0) is 23.9. The molecule has 34 heavy (non-hydrogen) atoms. The molecule has 4 rings (SSSR count). The van der Waals surface area contributed by atoms with Crippen LogP contribution in [0.5, 0.6) is 11.5 Å². The highest BCUT2D eigenvalue weighted by Gasteiger charge is 2.22. The molecule has 1 fully saturated rings. The Bertz CT molecular complexity index is 1130. The Balaban J connectivity index is 1.45. The number of hydrogen-bond acceptors (Lipinski definition) is 8. The molecule has 1 N–H and O–H groups in total. The molecule has 1 aliphatic rings. The van der Waals surface area contributed by atoms with Crippen LogP contribution in [-0.2, 0) is 16.1 Å². The number of nitrogens with zero attached hydrogens (tertiary/aromatic N) is 3. The molecule has 178 valence electrons. The average Bonchev–Trinajstić information content (AvgIpc) is 3.53. The third kappa shape index (κ3) is 5.75. The summed E-state index contributed by atoms with van der Waals surface area (Å²) in [4.78, 5) is 24.8. The van der Waals surface area contributed by atoms with Gasteiger partial charge >= 0.3 is 0 Å². The normalized spacial score (nSPS) is 15.2. The van der Waals surface area contributed by atoms with Gasteiger partial charge in [0.15, 0.2) is 11.0 Å². The lowest BCUT2D eigenvalue weighted by atomic mass is 10.2. The Labute approximate surface area is 201 Å². The number of hydrogen-bond donors (Lipinski definition) is 1. The van der Waals surface area contributed by atoms with E-state index in [0.717, 1.165) is 30.8 Å². The van der Waals surface area contributed by atoms with E-state index in [1.807, 2.05) is 28.8 Å². The molecule has 1 atom stereocenters. The summed E-state index contributed by atoms with van der Waals surface area (Å²) in [6, 6.07) is 14.1. The molecule has 0 aliphatic carbocycles. The van der Waals surface area contributed by atoms with Crippen molar-refractivity contribution in [1.29, 1.82) is 0 Å². The van der Waals surface area contributed by atoms with E-state index in [1.54, 1.807) is 38.5 Å². The third-order valence-electron chi connectivity index (χ3n) is 5.41. The molecule has 2 amide bonds. The largest absolute Gasteiger partial charge is 0.497 e. The van der Waals surface area contributed by atoms with Gasteiger partial charge in [0.05, 0.1) is 32.6 Å². The summed E-state index contributed by atoms with van der Waals surface area (Å²) in [6.45, 7) is 1.33. The standard InChI is InChI=1S/C24H26N4O5S/c1-31-18-9-5-16(6-10-18)22-26-27-24(28(22)14-20-4-3-13-33-20)34-15-21(29)25-23(30)17-7-11-19(32-2)12-8-17/h5-12,20H,3-4,13-15H2,1-2H3,(H,25,29,30). The molecular weight excluding hydrogens is 456 g/mol. The van der Waals surface area contributed by atoms with Gasteiger partial charge in [-0.3, -0.25) is 19.5 Å². The van der Waals surface area contributed by atoms with Gasteiger partial charge in [-0.2, -0.15) is 0 Å². The van der Waals surface area contributed by atoms with E-state index in [2.05, 4.69) is 15.5 Å². The number of rotatable bonds is 9. The van der Waals surface area contributed by atoms with Gasteiger partial charge in [0, 0.05) is 17.7 Å². The van der Waals surface area contributed by atoms with Crippen LogP contribution in [0.2, 0.25) is 0 Å². The Morgan fingerprint density at radius 1 is 1.06 bits per heavy atom. The second-order valence-electron chi connectivity index (χ2n) is 7.67. The minimum Gasteiger partial charge on any atom is -0.497 e. The van der Waals surface area contributed by atoms with Crippen LogP contribution in [0.1, 0.15) is 23.2 Å². The molecule has 1 unspecified atom stereocenters. The first-order valence-corrected chi connectivity index (χ1v) is 11.9. The quantitative estimate of drug-likeness (QED) is 0.464. The van der Waals surface area contributed by atoms with Crippen LogP contribution in [0.4, 0.5) is 0 Å². The molecule has 2 heterocycles. The number of amides is 2. The maximum atomic E-state index is 12.5. The van der Waals surface area contributed by atoms with Crippen molar-refractivity contribution in [2.24, 2.45) is 0 Å². The van der Waals surface area contributed by atoms with Crippen molar-refractivity contribution in [2.75, 3.05) is 26.6 Å². The number of thioether (sulfide) groups is 1. The zero-order valence-corrected chi connectivity index (χ0v) is 19.8. The van der Waals surface area contributed by atoms with E-state index < -0.39 is 11.8 Å². The number of ether oxygens (including phenoxy) is 3. The molecule has 1 aromatic heterocycles. The lowest BCUT2D eigenvalue weighted by Crippen LogP contribution is -2.31. The Kier molecular flexibility index (Phi) is 7.81. The highest BCUT2D eigenvalue weighted by Crippen LogP contribution is 2.27. The summed E-state index contributed by atoms with van der Waals surface area (Å²) in [5.74, 6) is 1.22. The lowest BCUT2D eigenvalue weighted by molar-refractivity contribution is -0.117. The third-order valence-corrected chi connectivity index (χ3v) is 6.38. The molecular formula is C24H26N4O5S. The SMILES string of the molecule is COc1ccc(C(=O)NC(=O)CSc2nnc(-c3ccc(OC)cc3)n2CC2CCCO2)cc1. The maximum absolute atomic E-state index is 12.5. The summed E-state index contributed by atoms with van der Waals surface area (Å²) in [6.07, 6.45) is 2.04.